The van der Waals surface area contributed by atoms with Crippen molar-refractivity contribution >= 4 is 18.4 Å². The third-order valence-corrected chi connectivity index (χ3v) is 3.60. The van der Waals surface area contributed by atoms with Crippen LogP contribution in [0.4, 0.5) is 4.39 Å². The third-order valence-electron chi connectivity index (χ3n) is 3.33. The van der Waals surface area contributed by atoms with Crippen LogP contribution in [0.5, 0.6) is 5.75 Å². The van der Waals surface area contributed by atoms with Crippen molar-refractivity contribution in [3.05, 3.63) is 64.7 Å². The van der Waals surface area contributed by atoms with Gasteiger partial charge in [0.1, 0.15) is 11.6 Å². The Morgan fingerprint density at radius 3 is 2.80 bits per heavy atom. The SMILES string of the molecule is CC(C)Oc1cccc(-c2n[nH]c(=S)n2N=Cc2ccccc2F)c1. The lowest BCUT2D eigenvalue weighted by Crippen LogP contribution is -2.05. The van der Waals surface area contributed by atoms with Crippen molar-refractivity contribution in [3.8, 4) is 17.1 Å². The number of hydrogen-bond acceptors (Lipinski definition) is 4. The normalized spacial score (nSPS) is 11.4. The molecule has 0 aliphatic rings. The minimum atomic E-state index is -0.352. The smallest absolute Gasteiger partial charge is 0.216 e. The molecule has 0 saturated heterocycles. The Hall–Kier alpha value is -2.80. The number of benzene rings is 2. The number of ether oxygens (including phenoxy) is 1. The summed E-state index contributed by atoms with van der Waals surface area (Å²) in [5.41, 5.74) is 1.16. The van der Waals surface area contributed by atoms with Crippen LogP contribution >= 0.6 is 12.2 Å². The largest absolute Gasteiger partial charge is 0.491 e. The summed E-state index contributed by atoms with van der Waals surface area (Å²) >= 11 is 5.23. The van der Waals surface area contributed by atoms with Crippen molar-refractivity contribution in [2.24, 2.45) is 5.10 Å². The van der Waals surface area contributed by atoms with E-state index in [4.69, 9.17) is 17.0 Å². The van der Waals surface area contributed by atoms with Gasteiger partial charge < -0.3 is 4.74 Å². The number of halogens is 1. The molecule has 0 amide bonds. The van der Waals surface area contributed by atoms with Crippen LogP contribution < -0.4 is 4.74 Å². The maximum absolute atomic E-state index is 13.8. The summed E-state index contributed by atoms with van der Waals surface area (Å²) in [6.45, 7) is 3.92. The lowest BCUT2D eigenvalue weighted by Gasteiger charge is -2.10. The molecular formula is C18H17FN4OS. The van der Waals surface area contributed by atoms with Gasteiger partial charge in [-0.2, -0.15) is 14.9 Å². The number of aromatic nitrogens is 3. The molecule has 7 heteroatoms. The maximum atomic E-state index is 13.8. The molecule has 1 N–H and O–H groups in total. The molecule has 0 bridgehead atoms. The van der Waals surface area contributed by atoms with E-state index in [0.29, 0.717) is 16.2 Å². The first-order valence-corrected chi connectivity index (χ1v) is 8.19. The first-order chi connectivity index (χ1) is 12.0. The zero-order valence-electron chi connectivity index (χ0n) is 13.8. The van der Waals surface area contributed by atoms with Crippen LogP contribution in [0.2, 0.25) is 0 Å². The van der Waals surface area contributed by atoms with Crippen LogP contribution in [0.25, 0.3) is 11.4 Å². The topological polar surface area (TPSA) is 55.2 Å². The van der Waals surface area contributed by atoms with Gasteiger partial charge in [0.25, 0.3) is 0 Å². The highest BCUT2D eigenvalue weighted by molar-refractivity contribution is 7.71. The molecule has 3 aromatic rings. The third kappa shape index (κ3) is 4.00. The Kier molecular flexibility index (Phi) is 5.04. The van der Waals surface area contributed by atoms with Gasteiger partial charge >= 0.3 is 0 Å². The van der Waals surface area contributed by atoms with Gasteiger partial charge in [-0.1, -0.05) is 30.3 Å². The van der Waals surface area contributed by atoms with Crippen molar-refractivity contribution in [2.75, 3.05) is 0 Å². The average Bonchev–Trinajstić information content (AvgIpc) is 2.95. The van der Waals surface area contributed by atoms with Gasteiger partial charge in [-0.05, 0) is 44.3 Å². The van der Waals surface area contributed by atoms with Gasteiger partial charge in [-0.25, -0.2) is 9.49 Å². The summed E-state index contributed by atoms with van der Waals surface area (Å²) in [4.78, 5) is 0. The average molecular weight is 356 g/mol. The van der Waals surface area contributed by atoms with E-state index in [0.717, 1.165) is 11.3 Å². The number of hydrogen-bond donors (Lipinski definition) is 1. The lowest BCUT2D eigenvalue weighted by molar-refractivity contribution is 0.242. The van der Waals surface area contributed by atoms with Crippen LogP contribution in [-0.4, -0.2) is 27.2 Å². The molecule has 25 heavy (non-hydrogen) atoms. The minimum Gasteiger partial charge on any atom is -0.491 e. The van der Waals surface area contributed by atoms with E-state index in [1.54, 1.807) is 18.2 Å². The number of nitrogens with one attached hydrogen (secondary N) is 1. The van der Waals surface area contributed by atoms with Crippen molar-refractivity contribution in [2.45, 2.75) is 20.0 Å². The molecule has 1 heterocycles. The first kappa shape index (κ1) is 17.0. The quantitative estimate of drug-likeness (QED) is 0.544. The summed E-state index contributed by atoms with van der Waals surface area (Å²) in [5, 5.41) is 11.2. The minimum absolute atomic E-state index is 0.0650. The van der Waals surface area contributed by atoms with Gasteiger partial charge in [0.05, 0.1) is 12.3 Å². The Balaban J connectivity index is 1.98. The molecule has 0 aliphatic heterocycles. The van der Waals surface area contributed by atoms with Crippen LogP contribution in [0, 0.1) is 10.6 Å². The fourth-order valence-electron chi connectivity index (χ4n) is 2.27. The summed E-state index contributed by atoms with van der Waals surface area (Å²) in [7, 11) is 0. The number of nitrogens with zero attached hydrogens (tertiary/aromatic N) is 3. The molecule has 0 unspecified atom stereocenters. The van der Waals surface area contributed by atoms with E-state index < -0.39 is 0 Å². The summed E-state index contributed by atoms with van der Waals surface area (Å²) in [6, 6.07) is 13.9. The summed E-state index contributed by atoms with van der Waals surface area (Å²) in [6.07, 6.45) is 1.48. The second-order valence-corrected chi connectivity index (χ2v) is 6.01. The fraction of sp³-hybridized carbons (Fsp3) is 0.167. The molecule has 1 aromatic heterocycles. The predicted molar refractivity (Wildman–Crippen MR) is 98.0 cm³/mol. The molecule has 5 nitrogen and oxygen atoms in total. The highest BCUT2D eigenvalue weighted by atomic mass is 32.1. The molecule has 0 aliphatic carbocycles. The summed E-state index contributed by atoms with van der Waals surface area (Å²) in [5.74, 6) is 0.896. The van der Waals surface area contributed by atoms with Crippen LogP contribution in [0.1, 0.15) is 19.4 Å². The monoisotopic (exact) mass is 356 g/mol. The Morgan fingerprint density at radius 1 is 1.24 bits per heavy atom. The molecule has 0 radical (unpaired) electrons. The fourth-order valence-corrected chi connectivity index (χ4v) is 2.45. The van der Waals surface area contributed by atoms with Gasteiger partial charge in [-0.15, -0.1) is 0 Å². The van der Waals surface area contributed by atoms with Gasteiger partial charge in [-0.3, -0.25) is 0 Å². The highest BCUT2D eigenvalue weighted by Gasteiger charge is 2.10. The van der Waals surface area contributed by atoms with E-state index in [1.807, 2.05) is 38.1 Å². The van der Waals surface area contributed by atoms with Gasteiger partial charge in [0.15, 0.2) is 5.82 Å². The molecule has 0 spiro atoms. The van der Waals surface area contributed by atoms with Crippen molar-refractivity contribution in [1.82, 2.24) is 14.9 Å². The predicted octanol–water partition coefficient (Wildman–Crippen LogP) is 4.42. The van der Waals surface area contributed by atoms with Crippen LogP contribution in [0.15, 0.2) is 53.6 Å². The number of H-pyrrole nitrogens is 1. The first-order valence-electron chi connectivity index (χ1n) is 7.78. The molecule has 0 saturated carbocycles. The highest BCUT2D eigenvalue weighted by Crippen LogP contribution is 2.23. The lowest BCUT2D eigenvalue weighted by atomic mass is 10.2. The van der Waals surface area contributed by atoms with Crippen molar-refractivity contribution in [1.29, 1.82) is 0 Å². The van der Waals surface area contributed by atoms with Crippen LogP contribution in [-0.2, 0) is 0 Å². The Labute approximate surface area is 149 Å². The van der Waals surface area contributed by atoms with E-state index >= 15 is 0 Å². The number of aromatic amines is 1. The summed E-state index contributed by atoms with van der Waals surface area (Å²) < 4.78 is 21.2. The van der Waals surface area contributed by atoms with Gasteiger partial charge in [0.2, 0.25) is 4.77 Å². The Morgan fingerprint density at radius 2 is 2.04 bits per heavy atom. The van der Waals surface area contributed by atoms with Gasteiger partial charge in [0, 0.05) is 11.1 Å². The molecule has 0 atom stereocenters. The standard InChI is InChI=1S/C18H17FN4OS/c1-12(2)24-15-8-5-7-13(10-15)17-21-22-18(25)23(17)20-11-14-6-3-4-9-16(14)19/h3-12H,1-2H3,(H,22,25). The zero-order chi connectivity index (χ0) is 17.8. The van der Waals surface area contributed by atoms with E-state index in [2.05, 4.69) is 15.3 Å². The Bertz CT molecular complexity index is 961. The van der Waals surface area contributed by atoms with Crippen molar-refractivity contribution < 1.29 is 9.13 Å². The second-order valence-electron chi connectivity index (χ2n) is 5.62. The van der Waals surface area contributed by atoms with E-state index in [1.165, 1.54) is 17.0 Å². The van der Waals surface area contributed by atoms with E-state index in [-0.39, 0.29) is 11.9 Å². The molecule has 128 valence electrons. The van der Waals surface area contributed by atoms with E-state index in [9.17, 15) is 4.39 Å². The maximum Gasteiger partial charge on any atom is 0.216 e. The molecule has 2 aromatic carbocycles. The van der Waals surface area contributed by atoms with Crippen LogP contribution in [0.3, 0.4) is 0 Å². The zero-order valence-corrected chi connectivity index (χ0v) is 14.6. The molecular weight excluding hydrogens is 339 g/mol. The molecule has 0 fully saturated rings. The number of rotatable bonds is 5. The second kappa shape index (κ2) is 7.40. The molecule has 3 rings (SSSR count). The van der Waals surface area contributed by atoms with Crippen molar-refractivity contribution in [3.63, 3.8) is 0 Å².